The van der Waals surface area contributed by atoms with Crippen LogP contribution in [0.3, 0.4) is 0 Å². The Balaban J connectivity index is 3.35. The molecule has 0 amide bonds. The number of carboxylic acid groups (broad SMARTS) is 1. The van der Waals surface area contributed by atoms with E-state index in [1.807, 2.05) is 0 Å². The van der Waals surface area contributed by atoms with Crippen LogP contribution in [-0.2, 0) is 9.59 Å². The van der Waals surface area contributed by atoms with Crippen LogP contribution in [0.1, 0.15) is 103 Å². The van der Waals surface area contributed by atoms with Crippen molar-refractivity contribution in [2.75, 3.05) is 0 Å². The minimum absolute atomic E-state index is 0.262. The molecule has 1 atom stereocenters. The van der Waals surface area contributed by atoms with Gasteiger partial charge in [0.1, 0.15) is 6.29 Å². The van der Waals surface area contributed by atoms with E-state index in [1.165, 1.54) is 51.4 Å². The normalized spacial score (nSPS) is 12.2. The van der Waals surface area contributed by atoms with Gasteiger partial charge in [-0.1, -0.05) is 77.6 Å². The lowest BCUT2D eigenvalue weighted by Crippen LogP contribution is -2.02. The number of carbonyl (C=O) groups excluding carboxylic acids is 1. The third kappa shape index (κ3) is 15.5. The van der Waals surface area contributed by atoms with Crippen molar-refractivity contribution in [3.05, 3.63) is 0 Å². The second kappa shape index (κ2) is 16.5. The number of hydrogen-bond donors (Lipinski definition) is 1. The highest BCUT2D eigenvalue weighted by atomic mass is 16.4. The fourth-order valence-corrected chi connectivity index (χ4v) is 2.86. The molecular formula is C19H36O3. The Hall–Kier alpha value is -0.860. The molecule has 0 saturated heterocycles. The number of aldehydes is 1. The smallest absolute Gasteiger partial charge is 0.303 e. The Labute approximate surface area is 136 Å². The van der Waals surface area contributed by atoms with Crippen molar-refractivity contribution >= 4 is 12.3 Å². The average Bonchev–Trinajstić information content (AvgIpc) is 2.50. The summed E-state index contributed by atoms with van der Waals surface area (Å²) in [6.07, 6.45) is 17.7. The molecule has 0 spiro atoms. The van der Waals surface area contributed by atoms with E-state index in [9.17, 15) is 9.59 Å². The van der Waals surface area contributed by atoms with Crippen LogP contribution in [-0.4, -0.2) is 17.4 Å². The lowest BCUT2D eigenvalue weighted by atomic mass is 9.95. The first-order valence-electron chi connectivity index (χ1n) is 9.37. The minimum atomic E-state index is -0.691. The quantitative estimate of drug-likeness (QED) is 0.274. The fourth-order valence-electron chi connectivity index (χ4n) is 2.86. The van der Waals surface area contributed by atoms with Crippen LogP contribution >= 0.6 is 0 Å². The van der Waals surface area contributed by atoms with Gasteiger partial charge >= 0.3 is 5.97 Å². The van der Waals surface area contributed by atoms with E-state index in [0.29, 0.717) is 6.42 Å². The number of unbranched alkanes of at least 4 members (excludes halogenated alkanes) is 10. The van der Waals surface area contributed by atoms with Crippen LogP contribution in [0.5, 0.6) is 0 Å². The van der Waals surface area contributed by atoms with Crippen LogP contribution in [0.25, 0.3) is 0 Å². The van der Waals surface area contributed by atoms with Gasteiger partial charge in [0.25, 0.3) is 0 Å². The highest BCUT2D eigenvalue weighted by Gasteiger charge is 2.06. The lowest BCUT2D eigenvalue weighted by molar-refractivity contribution is -0.137. The molecule has 1 unspecified atom stereocenters. The summed E-state index contributed by atoms with van der Waals surface area (Å²) in [5.74, 6) is -0.429. The molecule has 0 aliphatic heterocycles. The number of aliphatic carboxylic acids is 1. The zero-order chi connectivity index (χ0) is 16.5. The Morgan fingerprint density at radius 3 is 1.73 bits per heavy atom. The maximum absolute atomic E-state index is 11.1. The first-order chi connectivity index (χ1) is 10.7. The van der Waals surface area contributed by atoms with Gasteiger partial charge in [-0.05, 0) is 19.3 Å². The van der Waals surface area contributed by atoms with E-state index in [2.05, 4.69) is 6.92 Å². The minimum Gasteiger partial charge on any atom is -0.481 e. The number of rotatable bonds is 17. The van der Waals surface area contributed by atoms with Gasteiger partial charge in [0.2, 0.25) is 0 Å². The highest BCUT2D eigenvalue weighted by Crippen LogP contribution is 2.17. The summed E-state index contributed by atoms with van der Waals surface area (Å²) in [5, 5.41) is 8.54. The molecule has 0 radical (unpaired) electrons. The van der Waals surface area contributed by atoms with Crippen LogP contribution in [0.4, 0.5) is 0 Å². The number of carbonyl (C=O) groups is 2. The van der Waals surface area contributed by atoms with Crippen molar-refractivity contribution in [2.45, 2.75) is 103 Å². The zero-order valence-electron chi connectivity index (χ0n) is 14.5. The van der Waals surface area contributed by atoms with Crippen LogP contribution < -0.4 is 0 Å². The van der Waals surface area contributed by atoms with Crippen molar-refractivity contribution in [1.29, 1.82) is 0 Å². The predicted octanol–water partition coefficient (Wildman–Crippen LogP) is 5.76. The van der Waals surface area contributed by atoms with E-state index in [1.54, 1.807) is 0 Å². The Morgan fingerprint density at radius 2 is 1.27 bits per heavy atom. The summed E-state index contributed by atoms with van der Waals surface area (Å²) in [6, 6.07) is 0. The molecule has 0 bridgehead atoms. The third-order valence-corrected chi connectivity index (χ3v) is 4.34. The summed E-state index contributed by atoms with van der Waals surface area (Å²) < 4.78 is 0. The van der Waals surface area contributed by atoms with Crippen molar-refractivity contribution in [3.8, 4) is 0 Å². The molecule has 0 saturated carbocycles. The van der Waals surface area contributed by atoms with Gasteiger partial charge in [-0.15, -0.1) is 0 Å². The molecule has 1 N–H and O–H groups in total. The third-order valence-electron chi connectivity index (χ3n) is 4.34. The van der Waals surface area contributed by atoms with Crippen molar-refractivity contribution in [1.82, 2.24) is 0 Å². The van der Waals surface area contributed by atoms with Gasteiger partial charge < -0.3 is 9.90 Å². The van der Waals surface area contributed by atoms with E-state index >= 15 is 0 Å². The van der Waals surface area contributed by atoms with Gasteiger partial charge in [-0.25, -0.2) is 0 Å². The maximum Gasteiger partial charge on any atom is 0.303 e. The molecule has 0 aromatic heterocycles. The van der Waals surface area contributed by atoms with Crippen LogP contribution in [0, 0.1) is 5.92 Å². The summed E-state index contributed by atoms with van der Waals surface area (Å²) in [7, 11) is 0. The van der Waals surface area contributed by atoms with E-state index in [0.717, 1.165) is 44.8 Å². The second-order valence-electron chi connectivity index (χ2n) is 6.51. The summed E-state index contributed by atoms with van der Waals surface area (Å²) >= 11 is 0. The standard InChI is InChI=1S/C19H36O3/c1-2-3-4-5-8-11-14-18(17-20)15-12-9-6-7-10-13-16-19(21)22/h17-18H,2-16H2,1H3,(H,21,22). The summed E-state index contributed by atoms with van der Waals surface area (Å²) in [4.78, 5) is 21.5. The Kier molecular flexibility index (Phi) is 15.9. The Morgan fingerprint density at radius 1 is 0.818 bits per heavy atom. The molecule has 3 heteroatoms. The van der Waals surface area contributed by atoms with E-state index in [-0.39, 0.29) is 5.92 Å². The van der Waals surface area contributed by atoms with Crippen LogP contribution in [0.2, 0.25) is 0 Å². The zero-order valence-corrected chi connectivity index (χ0v) is 14.5. The van der Waals surface area contributed by atoms with Crippen molar-refractivity contribution in [2.24, 2.45) is 5.92 Å². The molecule has 0 rings (SSSR count). The fraction of sp³-hybridized carbons (Fsp3) is 0.895. The van der Waals surface area contributed by atoms with E-state index < -0.39 is 5.97 Å². The SMILES string of the molecule is CCCCCCCCC(C=O)CCCCCCCCC(=O)O. The van der Waals surface area contributed by atoms with Crippen molar-refractivity contribution < 1.29 is 14.7 Å². The Bertz CT molecular complexity index is 263. The molecule has 0 aliphatic carbocycles. The van der Waals surface area contributed by atoms with Crippen LogP contribution in [0.15, 0.2) is 0 Å². The molecule has 0 heterocycles. The van der Waals surface area contributed by atoms with Gasteiger partial charge in [0, 0.05) is 12.3 Å². The average molecular weight is 312 g/mol. The molecule has 0 fully saturated rings. The first kappa shape index (κ1) is 21.1. The molecule has 3 nitrogen and oxygen atoms in total. The number of hydrogen-bond acceptors (Lipinski definition) is 2. The summed E-state index contributed by atoms with van der Waals surface area (Å²) in [6.45, 7) is 2.23. The molecular weight excluding hydrogens is 276 g/mol. The lowest BCUT2D eigenvalue weighted by Gasteiger charge is -2.10. The highest BCUT2D eigenvalue weighted by molar-refractivity contribution is 5.66. The molecule has 0 aliphatic rings. The van der Waals surface area contributed by atoms with Gasteiger partial charge in [-0.3, -0.25) is 4.79 Å². The predicted molar refractivity (Wildman–Crippen MR) is 92.1 cm³/mol. The van der Waals surface area contributed by atoms with Gasteiger partial charge in [-0.2, -0.15) is 0 Å². The molecule has 130 valence electrons. The topological polar surface area (TPSA) is 54.4 Å². The molecule has 0 aromatic carbocycles. The maximum atomic E-state index is 11.1. The second-order valence-corrected chi connectivity index (χ2v) is 6.51. The first-order valence-corrected chi connectivity index (χ1v) is 9.37. The van der Waals surface area contributed by atoms with E-state index in [4.69, 9.17) is 5.11 Å². The van der Waals surface area contributed by atoms with Gasteiger partial charge in [0.05, 0.1) is 0 Å². The molecule has 22 heavy (non-hydrogen) atoms. The molecule has 0 aromatic rings. The largest absolute Gasteiger partial charge is 0.481 e. The summed E-state index contributed by atoms with van der Waals surface area (Å²) in [5.41, 5.74) is 0. The number of carboxylic acids is 1. The van der Waals surface area contributed by atoms with Crippen molar-refractivity contribution in [3.63, 3.8) is 0 Å². The van der Waals surface area contributed by atoms with Gasteiger partial charge in [0.15, 0.2) is 0 Å². The monoisotopic (exact) mass is 312 g/mol.